The van der Waals surface area contributed by atoms with Crippen molar-refractivity contribution in [2.24, 2.45) is 5.92 Å². The summed E-state index contributed by atoms with van der Waals surface area (Å²) in [6.07, 6.45) is 0. The maximum absolute atomic E-state index is 14.6. The first-order valence-electron chi connectivity index (χ1n) is 8.30. The number of aromatic nitrogens is 2. The van der Waals surface area contributed by atoms with Crippen LogP contribution in [0.5, 0.6) is 0 Å². The lowest BCUT2D eigenvalue weighted by molar-refractivity contribution is -0.152. The first-order valence-corrected chi connectivity index (χ1v) is 8.30. The van der Waals surface area contributed by atoms with Crippen molar-refractivity contribution in [2.45, 2.75) is 13.0 Å². The number of fused-ring (bicyclic) bond motifs is 3. The highest BCUT2D eigenvalue weighted by atomic mass is 19.1. The monoisotopic (exact) mass is 353 g/mol. The summed E-state index contributed by atoms with van der Waals surface area (Å²) in [4.78, 5) is 29.6. The molecule has 0 saturated carbocycles. The summed E-state index contributed by atoms with van der Waals surface area (Å²) in [6, 6.07) is 12.5. The van der Waals surface area contributed by atoms with Gasteiger partial charge in [0, 0.05) is 5.56 Å². The van der Waals surface area contributed by atoms with Crippen molar-refractivity contribution >= 4 is 28.9 Å². The van der Waals surface area contributed by atoms with Crippen LogP contribution in [0.3, 0.4) is 0 Å². The number of esters is 1. The van der Waals surface area contributed by atoms with Gasteiger partial charge in [0.2, 0.25) is 11.9 Å². The first kappa shape index (κ1) is 16.3. The predicted molar refractivity (Wildman–Crippen MR) is 93.0 cm³/mol. The minimum absolute atomic E-state index is 0.129. The molecule has 1 aliphatic heterocycles. The number of para-hydroxylation sites is 2. The van der Waals surface area contributed by atoms with Crippen molar-refractivity contribution in [1.82, 2.24) is 9.55 Å². The number of hydrogen-bond donors (Lipinski definition) is 1. The van der Waals surface area contributed by atoms with E-state index < -0.39 is 29.7 Å². The number of ether oxygens (including phenoxy) is 1. The van der Waals surface area contributed by atoms with E-state index in [4.69, 9.17) is 4.74 Å². The fraction of sp³-hybridized carbons (Fsp3) is 0.211. The zero-order chi connectivity index (χ0) is 18.3. The average molecular weight is 353 g/mol. The summed E-state index contributed by atoms with van der Waals surface area (Å²) in [5.74, 6) is -2.67. The van der Waals surface area contributed by atoms with Crippen LogP contribution >= 0.6 is 0 Å². The summed E-state index contributed by atoms with van der Waals surface area (Å²) in [7, 11) is 0. The normalized spacial score (nSPS) is 19.1. The number of benzene rings is 2. The third-order valence-corrected chi connectivity index (χ3v) is 4.47. The Bertz CT molecular complexity index is 1010. The molecule has 2 heterocycles. The van der Waals surface area contributed by atoms with Crippen LogP contribution in [-0.4, -0.2) is 28.0 Å². The molecule has 0 aliphatic carbocycles. The highest BCUT2D eigenvalue weighted by Gasteiger charge is 2.44. The maximum Gasteiger partial charge on any atom is 0.321 e. The van der Waals surface area contributed by atoms with Crippen LogP contribution in [0.25, 0.3) is 11.0 Å². The molecule has 3 aromatic rings. The van der Waals surface area contributed by atoms with Crippen molar-refractivity contribution in [3.05, 3.63) is 59.9 Å². The van der Waals surface area contributed by atoms with Gasteiger partial charge in [-0.3, -0.25) is 14.9 Å². The number of anilines is 1. The van der Waals surface area contributed by atoms with Crippen LogP contribution in [-0.2, 0) is 14.3 Å². The molecule has 0 radical (unpaired) electrons. The molecule has 0 fully saturated rings. The lowest BCUT2D eigenvalue weighted by Crippen LogP contribution is -2.43. The average Bonchev–Trinajstić information content (AvgIpc) is 2.99. The third kappa shape index (κ3) is 2.44. The highest BCUT2D eigenvalue weighted by Crippen LogP contribution is 2.39. The van der Waals surface area contributed by atoms with E-state index in [1.807, 2.05) is 18.2 Å². The molecule has 1 aliphatic rings. The molecule has 2 atom stereocenters. The van der Waals surface area contributed by atoms with Gasteiger partial charge < -0.3 is 9.30 Å². The Morgan fingerprint density at radius 1 is 1.23 bits per heavy atom. The van der Waals surface area contributed by atoms with Gasteiger partial charge >= 0.3 is 5.97 Å². The number of halogens is 1. The smallest absolute Gasteiger partial charge is 0.321 e. The van der Waals surface area contributed by atoms with E-state index >= 15 is 0 Å². The van der Waals surface area contributed by atoms with Crippen molar-refractivity contribution in [3.8, 4) is 0 Å². The molecule has 7 heteroatoms. The predicted octanol–water partition coefficient (Wildman–Crippen LogP) is 2.90. The lowest BCUT2D eigenvalue weighted by atomic mass is 9.90. The number of hydrogen-bond acceptors (Lipinski definition) is 4. The molecule has 6 nitrogen and oxygen atoms in total. The van der Waals surface area contributed by atoms with E-state index in [9.17, 15) is 14.0 Å². The molecule has 0 spiro atoms. The Balaban J connectivity index is 1.99. The van der Waals surface area contributed by atoms with Crippen molar-refractivity contribution in [2.75, 3.05) is 11.9 Å². The largest absolute Gasteiger partial charge is 0.465 e. The van der Waals surface area contributed by atoms with Gasteiger partial charge in [-0.25, -0.2) is 9.37 Å². The number of nitrogens with one attached hydrogen (secondary N) is 1. The summed E-state index contributed by atoms with van der Waals surface area (Å²) >= 11 is 0. The van der Waals surface area contributed by atoms with Crippen LogP contribution in [0.2, 0.25) is 0 Å². The van der Waals surface area contributed by atoms with Crippen LogP contribution in [0, 0.1) is 11.7 Å². The molecule has 0 bridgehead atoms. The zero-order valence-electron chi connectivity index (χ0n) is 14.0. The highest BCUT2D eigenvalue weighted by molar-refractivity contribution is 6.07. The maximum atomic E-state index is 14.6. The Hall–Kier alpha value is -3.22. The third-order valence-electron chi connectivity index (χ3n) is 4.47. The first-order chi connectivity index (χ1) is 12.6. The second-order valence-electron chi connectivity index (χ2n) is 5.98. The Morgan fingerprint density at radius 3 is 2.73 bits per heavy atom. The van der Waals surface area contributed by atoms with E-state index in [0.29, 0.717) is 11.0 Å². The van der Waals surface area contributed by atoms with Crippen molar-refractivity contribution in [3.63, 3.8) is 0 Å². The molecule has 1 amide bonds. The SMILES string of the molecule is CCOC(=O)[C@H]1C(=O)Nc2nc3ccccc3n2[C@@H]1c1ccccc1F. The second kappa shape index (κ2) is 6.25. The second-order valence-corrected chi connectivity index (χ2v) is 5.98. The van der Waals surface area contributed by atoms with Crippen LogP contribution in [0.4, 0.5) is 10.3 Å². The number of amides is 1. The van der Waals surface area contributed by atoms with Crippen LogP contribution in [0.15, 0.2) is 48.5 Å². The molecule has 1 aromatic heterocycles. The molecule has 4 rings (SSSR count). The van der Waals surface area contributed by atoms with Crippen molar-refractivity contribution in [1.29, 1.82) is 0 Å². The van der Waals surface area contributed by atoms with Gasteiger partial charge in [0.1, 0.15) is 5.82 Å². The van der Waals surface area contributed by atoms with Crippen LogP contribution < -0.4 is 5.32 Å². The molecule has 0 saturated heterocycles. The van der Waals surface area contributed by atoms with Gasteiger partial charge in [-0.15, -0.1) is 0 Å². The van der Waals surface area contributed by atoms with Gasteiger partial charge in [0.05, 0.1) is 23.7 Å². The van der Waals surface area contributed by atoms with E-state index in [-0.39, 0.29) is 18.1 Å². The number of carbonyl (C=O) groups excluding carboxylic acids is 2. The quantitative estimate of drug-likeness (QED) is 0.580. The van der Waals surface area contributed by atoms with Gasteiger partial charge in [-0.1, -0.05) is 30.3 Å². The molecular weight excluding hydrogens is 337 g/mol. The zero-order valence-corrected chi connectivity index (χ0v) is 14.0. The minimum Gasteiger partial charge on any atom is -0.465 e. The van der Waals surface area contributed by atoms with Crippen LogP contribution in [0.1, 0.15) is 18.5 Å². The van der Waals surface area contributed by atoms with Gasteiger partial charge in [0.25, 0.3) is 0 Å². The summed E-state index contributed by atoms with van der Waals surface area (Å²) in [5, 5.41) is 2.65. The van der Waals surface area contributed by atoms with E-state index in [0.717, 1.165) is 0 Å². The summed E-state index contributed by atoms with van der Waals surface area (Å²) in [6.45, 7) is 1.79. The number of nitrogens with zero attached hydrogens (tertiary/aromatic N) is 2. The number of imidazole rings is 1. The minimum atomic E-state index is -1.21. The van der Waals surface area contributed by atoms with E-state index in [1.165, 1.54) is 6.07 Å². The molecule has 0 unspecified atom stereocenters. The fourth-order valence-corrected chi connectivity index (χ4v) is 3.40. The Kier molecular flexibility index (Phi) is 3.91. The molecule has 132 valence electrons. The summed E-state index contributed by atoms with van der Waals surface area (Å²) < 4.78 is 21.4. The Labute approximate surface area is 148 Å². The van der Waals surface area contributed by atoms with Gasteiger partial charge in [-0.05, 0) is 25.1 Å². The van der Waals surface area contributed by atoms with Gasteiger partial charge in [0.15, 0.2) is 5.92 Å². The molecule has 1 N–H and O–H groups in total. The van der Waals surface area contributed by atoms with E-state index in [1.54, 1.807) is 35.8 Å². The lowest BCUT2D eigenvalue weighted by Gasteiger charge is -2.32. The molecular formula is C19H16FN3O3. The Morgan fingerprint density at radius 2 is 1.96 bits per heavy atom. The number of carbonyl (C=O) groups is 2. The molecule has 26 heavy (non-hydrogen) atoms. The van der Waals surface area contributed by atoms with E-state index in [2.05, 4.69) is 10.3 Å². The van der Waals surface area contributed by atoms with Gasteiger partial charge in [-0.2, -0.15) is 0 Å². The molecule has 2 aromatic carbocycles. The topological polar surface area (TPSA) is 73.2 Å². The number of rotatable bonds is 3. The standard InChI is InChI=1S/C19H16FN3O3/c1-2-26-18(25)15-16(11-7-3-4-8-12(11)20)23-14-10-6-5-9-13(14)21-19(23)22-17(15)24/h3-10,15-16H,2H2,1H3,(H,21,22,24)/t15-,16-/m1/s1. The fourth-order valence-electron chi connectivity index (χ4n) is 3.40. The van der Waals surface area contributed by atoms with Crippen molar-refractivity contribution < 1.29 is 18.7 Å². The summed E-state index contributed by atoms with van der Waals surface area (Å²) in [5.41, 5.74) is 1.59.